The number of carbonyl (C=O) groups is 2. The molecule has 0 saturated carbocycles. The number of rotatable bonds is 10. The summed E-state index contributed by atoms with van der Waals surface area (Å²) in [5, 5.41) is 4.29. The van der Waals surface area contributed by atoms with Gasteiger partial charge in [-0.05, 0) is 36.8 Å². The highest BCUT2D eigenvalue weighted by Crippen LogP contribution is 2.24. The molecule has 2 aromatic heterocycles. The van der Waals surface area contributed by atoms with Gasteiger partial charge < -0.3 is 5.32 Å². The SMILES string of the molecule is CCCCCn1c(SCC(=O)c2ccc(CNC(C)=O)s2)nc2cc(Cl)ccc2c1=O. The Kier molecular flexibility index (Phi) is 8.28. The molecule has 0 atom stereocenters. The highest BCUT2D eigenvalue weighted by Gasteiger charge is 2.16. The van der Waals surface area contributed by atoms with E-state index in [0.717, 1.165) is 24.1 Å². The lowest BCUT2D eigenvalue weighted by Gasteiger charge is -2.13. The maximum atomic E-state index is 13.0. The Morgan fingerprint density at radius 2 is 2.03 bits per heavy atom. The normalized spacial score (nSPS) is 11.1. The third-order valence-corrected chi connectivity index (χ3v) is 6.99. The van der Waals surface area contributed by atoms with Crippen molar-refractivity contribution in [2.45, 2.75) is 51.4 Å². The Hall–Kier alpha value is -2.16. The second kappa shape index (κ2) is 10.9. The quantitative estimate of drug-likeness (QED) is 0.194. The Morgan fingerprint density at radius 1 is 1.23 bits per heavy atom. The number of carbonyl (C=O) groups excluding carboxylic acids is 2. The average Bonchev–Trinajstić information content (AvgIpc) is 3.21. The number of thiophene rings is 1. The standard InChI is InChI=1S/C22H24ClN3O3S2/c1-3-4-5-10-26-21(29)17-8-6-15(23)11-18(17)25-22(26)30-13-19(28)20-9-7-16(31-20)12-24-14(2)27/h6-9,11H,3-5,10,12-13H2,1-2H3,(H,24,27). The largest absolute Gasteiger partial charge is 0.351 e. The number of Topliss-reactive ketones (excluding diaryl/α,β-unsaturated/α-hetero) is 1. The number of nitrogens with one attached hydrogen (secondary N) is 1. The number of hydrogen-bond acceptors (Lipinski definition) is 6. The van der Waals surface area contributed by atoms with Gasteiger partial charge in [-0.3, -0.25) is 19.0 Å². The highest BCUT2D eigenvalue weighted by atomic mass is 35.5. The third kappa shape index (κ3) is 6.18. The van der Waals surface area contributed by atoms with Crippen molar-refractivity contribution >= 4 is 57.3 Å². The van der Waals surface area contributed by atoms with Crippen molar-refractivity contribution < 1.29 is 9.59 Å². The number of benzene rings is 1. The van der Waals surface area contributed by atoms with E-state index in [0.29, 0.717) is 39.0 Å². The Balaban J connectivity index is 1.80. The number of ketones is 1. The first-order valence-corrected chi connectivity index (χ1v) is 12.3. The van der Waals surface area contributed by atoms with Gasteiger partial charge in [0.25, 0.3) is 5.56 Å². The molecule has 0 aliphatic rings. The van der Waals surface area contributed by atoms with Crippen LogP contribution in [-0.2, 0) is 17.9 Å². The van der Waals surface area contributed by atoms with E-state index in [1.54, 1.807) is 28.8 Å². The molecule has 1 aromatic carbocycles. The van der Waals surface area contributed by atoms with Crippen LogP contribution in [0.25, 0.3) is 10.9 Å². The molecule has 3 rings (SSSR count). The molecule has 0 saturated heterocycles. The molecule has 31 heavy (non-hydrogen) atoms. The van der Waals surface area contributed by atoms with Crippen LogP contribution in [0.1, 0.15) is 47.7 Å². The van der Waals surface area contributed by atoms with E-state index in [1.807, 2.05) is 6.07 Å². The number of amides is 1. The monoisotopic (exact) mass is 477 g/mol. The number of hydrogen-bond donors (Lipinski definition) is 1. The van der Waals surface area contributed by atoms with Gasteiger partial charge in [0.15, 0.2) is 10.9 Å². The zero-order valence-electron chi connectivity index (χ0n) is 17.4. The van der Waals surface area contributed by atoms with Gasteiger partial charge in [-0.25, -0.2) is 4.98 Å². The van der Waals surface area contributed by atoms with Gasteiger partial charge in [0, 0.05) is 23.4 Å². The van der Waals surface area contributed by atoms with Gasteiger partial charge in [-0.15, -0.1) is 11.3 Å². The van der Waals surface area contributed by atoms with Crippen molar-refractivity contribution in [1.82, 2.24) is 14.9 Å². The van der Waals surface area contributed by atoms with Crippen LogP contribution in [0.15, 0.2) is 40.3 Å². The van der Waals surface area contributed by atoms with Crippen LogP contribution in [-0.4, -0.2) is 27.0 Å². The smallest absolute Gasteiger partial charge is 0.262 e. The van der Waals surface area contributed by atoms with Crippen LogP contribution in [0, 0.1) is 0 Å². The zero-order chi connectivity index (χ0) is 22.4. The minimum absolute atomic E-state index is 0.0374. The topological polar surface area (TPSA) is 81.1 Å². The van der Waals surface area contributed by atoms with Crippen molar-refractivity contribution in [3.8, 4) is 0 Å². The first-order chi connectivity index (χ1) is 14.9. The molecular weight excluding hydrogens is 454 g/mol. The number of unbranched alkanes of at least 4 members (excludes halogenated alkanes) is 2. The first kappa shape index (κ1) is 23.5. The maximum absolute atomic E-state index is 13.0. The maximum Gasteiger partial charge on any atom is 0.262 e. The second-order valence-electron chi connectivity index (χ2n) is 7.11. The van der Waals surface area contributed by atoms with Crippen molar-refractivity contribution in [1.29, 1.82) is 0 Å². The lowest BCUT2D eigenvalue weighted by molar-refractivity contribution is -0.119. The van der Waals surface area contributed by atoms with E-state index >= 15 is 0 Å². The molecule has 0 bridgehead atoms. The van der Waals surface area contributed by atoms with E-state index in [9.17, 15) is 14.4 Å². The lowest BCUT2D eigenvalue weighted by atomic mass is 10.2. The molecule has 164 valence electrons. The van der Waals surface area contributed by atoms with Gasteiger partial charge in [0.1, 0.15) is 0 Å². The predicted octanol–water partition coefficient (Wildman–Crippen LogP) is 4.91. The first-order valence-electron chi connectivity index (χ1n) is 10.1. The molecule has 0 spiro atoms. The fourth-order valence-electron chi connectivity index (χ4n) is 3.04. The number of aromatic nitrogens is 2. The van der Waals surface area contributed by atoms with Crippen LogP contribution in [0.5, 0.6) is 0 Å². The molecule has 0 radical (unpaired) electrons. The fourth-order valence-corrected chi connectivity index (χ4v) is 5.09. The summed E-state index contributed by atoms with van der Waals surface area (Å²) in [4.78, 5) is 43.0. The molecule has 0 unspecified atom stereocenters. The molecule has 2 heterocycles. The zero-order valence-corrected chi connectivity index (χ0v) is 19.8. The molecular formula is C22H24ClN3O3S2. The summed E-state index contributed by atoms with van der Waals surface area (Å²) in [7, 11) is 0. The molecule has 9 heteroatoms. The van der Waals surface area contributed by atoms with Crippen molar-refractivity contribution in [3.63, 3.8) is 0 Å². The predicted molar refractivity (Wildman–Crippen MR) is 127 cm³/mol. The third-order valence-electron chi connectivity index (χ3n) is 4.65. The molecule has 6 nitrogen and oxygen atoms in total. The minimum atomic E-state index is -0.111. The van der Waals surface area contributed by atoms with Crippen LogP contribution >= 0.6 is 34.7 Å². The summed E-state index contributed by atoms with van der Waals surface area (Å²) in [6, 6.07) is 8.68. The van der Waals surface area contributed by atoms with Crippen LogP contribution in [0.4, 0.5) is 0 Å². The van der Waals surface area contributed by atoms with Crippen molar-refractivity contribution in [2.24, 2.45) is 0 Å². The summed E-state index contributed by atoms with van der Waals surface area (Å²) in [6.07, 6.45) is 2.93. The molecule has 0 aliphatic carbocycles. The number of nitrogens with zero attached hydrogens (tertiary/aromatic N) is 2. The fraction of sp³-hybridized carbons (Fsp3) is 0.364. The van der Waals surface area contributed by atoms with E-state index in [1.165, 1.54) is 30.0 Å². The summed E-state index contributed by atoms with van der Waals surface area (Å²) in [5.41, 5.74) is 0.425. The summed E-state index contributed by atoms with van der Waals surface area (Å²) >= 11 is 8.72. The van der Waals surface area contributed by atoms with Gasteiger partial charge in [-0.2, -0.15) is 0 Å². The molecule has 0 aliphatic heterocycles. The van der Waals surface area contributed by atoms with Crippen molar-refractivity contribution in [2.75, 3.05) is 5.75 Å². The number of halogens is 1. The minimum Gasteiger partial charge on any atom is -0.351 e. The molecule has 1 N–H and O–H groups in total. The molecule has 3 aromatic rings. The molecule has 0 fully saturated rings. The van der Waals surface area contributed by atoms with E-state index in [2.05, 4.69) is 17.2 Å². The number of fused-ring (bicyclic) bond motifs is 1. The van der Waals surface area contributed by atoms with Crippen LogP contribution in [0.3, 0.4) is 0 Å². The van der Waals surface area contributed by atoms with Gasteiger partial charge >= 0.3 is 0 Å². The van der Waals surface area contributed by atoms with Gasteiger partial charge in [0.05, 0.1) is 28.1 Å². The lowest BCUT2D eigenvalue weighted by Crippen LogP contribution is -2.24. The molecule has 1 amide bonds. The van der Waals surface area contributed by atoms with Crippen LogP contribution < -0.4 is 10.9 Å². The second-order valence-corrected chi connectivity index (χ2v) is 9.65. The average molecular weight is 478 g/mol. The summed E-state index contributed by atoms with van der Waals surface area (Å²) < 4.78 is 1.67. The summed E-state index contributed by atoms with van der Waals surface area (Å²) in [6.45, 7) is 4.54. The number of thioether (sulfide) groups is 1. The Bertz CT molecular complexity index is 1160. The van der Waals surface area contributed by atoms with Gasteiger partial charge in [-0.1, -0.05) is 43.1 Å². The van der Waals surface area contributed by atoms with Crippen LogP contribution in [0.2, 0.25) is 5.02 Å². The Labute approximate surface area is 194 Å². The van der Waals surface area contributed by atoms with E-state index in [-0.39, 0.29) is 23.0 Å². The van der Waals surface area contributed by atoms with E-state index in [4.69, 9.17) is 11.6 Å². The highest BCUT2D eigenvalue weighted by molar-refractivity contribution is 7.99. The van der Waals surface area contributed by atoms with Gasteiger partial charge in [0.2, 0.25) is 5.91 Å². The van der Waals surface area contributed by atoms with Crippen molar-refractivity contribution in [3.05, 3.63) is 55.5 Å². The van der Waals surface area contributed by atoms with E-state index < -0.39 is 0 Å². The summed E-state index contributed by atoms with van der Waals surface area (Å²) in [5.74, 6) is 0.0248. The Morgan fingerprint density at radius 3 is 2.77 bits per heavy atom.